The molecule has 2 heterocycles. The zero-order valence-electron chi connectivity index (χ0n) is 15.1. The summed E-state index contributed by atoms with van der Waals surface area (Å²) in [6.07, 6.45) is 2.88. The van der Waals surface area contributed by atoms with Gasteiger partial charge in [-0.2, -0.15) is 13.2 Å². The van der Waals surface area contributed by atoms with Crippen LogP contribution in [0.1, 0.15) is 49.9 Å². The molecule has 2 aromatic rings. The average Bonchev–Trinajstić information content (AvgIpc) is 3.01. The highest BCUT2D eigenvalue weighted by Crippen LogP contribution is 2.60. The summed E-state index contributed by atoms with van der Waals surface area (Å²) < 4.78 is 40.5. The summed E-state index contributed by atoms with van der Waals surface area (Å²) in [5.74, 6) is 2.15. The van der Waals surface area contributed by atoms with Crippen molar-refractivity contribution >= 4 is 23.2 Å². The van der Waals surface area contributed by atoms with Crippen LogP contribution in [0.3, 0.4) is 0 Å². The van der Waals surface area contributed by atoms with E-state index in [2.05, 4.69) is 15.5 Å². The van der Waals surface area contributed by atoms with Crippen LogP contribution in [0.5, 0.6) is 0 Å². The van der Waals surface area contributed by atoms with Gasteiger partial charge in [-0.05, 0) is 62.3 Å². The van der Waals surface area contributed by atoms with Gasteiger partial charge in [-0.15, -0.1) is 10.2 Å². The molecule has 9 heteroatoms. The minimum Gasteiger partial charge on any atom is -0.348 e. The molecule has 0 aromatic carbocycles. The number of hydrogen-bond donors (Lipinski definition) is 1. The summed E-state index contributed by atoms with van der Waals surface area (Å²) in [7, 11) is 0. The number of amides is 1. The molecule has 0 radical (unpaired) electrons. The van der Waals surface area contributed by atoms with E-state index in [1.54, 1.807) is 0 Å². The second-order valence-electron chi connectivity index (χ2n) is 8.76. The first-order valence-electron chi connectivity index (χ1n) is 9.62. The van der Waals surface area contributed by atoms with Gasteiger partial charge < -0.3 is 5.32 Å². The number of halogens is 4. The Hall–Kier alpha value is -1.83. The Morgan fingerprint density at radius 2 is 1.79 bits per heavy atom. The van der Waals surface area contributed by atoms with Gasteiger partial charge in [0.25, 0.3) is 0 Å². The van der Waals surface area contributed by atoms with Crippen molar-refractivity contribution in [3.63, 3.8) is 0 Å². The first-order chi connectivity index (χ1) is 13.2. The predicted molar refractivity (Wildman–Crippen MR) is 95.5 cm³/mol. The lowest BCUT2D eigenvalue weighted by molar-refractivity contribution is -0.146. The van der Waals surface area contributed by atoms with E-state index in [9.17, 15) is 18.0 Å². The molecule has 0 saturated heterocycles. The van der Waals surface area contributed by atoms with Crippen LogP contribution in [0.2, 0.25) is 5.02 Å². The fourth-order valence-electron chi connectivity index (χ4n) is 6.01. The summed E-state index contributed by atoms with van der Waals surface area (Å²) in [5, 5.41) is 10.6. The van der Waals surface area contributed by atoms with E-state index in [0.717, 1.165) is 31.5 Å². The van der Waals surface area contributed by atoms with Crippen molar-refractivity contribution in [2.75, 3.05) is 0 Å². The van der Waals surface area contributed by atoms with Crippen LogP contribution in [-0.4, -0.2) is 20.5 Å². The van der Waals surface area contributed by atoms with Crippen molar-refractivity contribution in [1.82, 2.24) is 19.9 Å². The molecule has 1 amide bonds. The molecule has 0 unspecified atom stereocenters. The van der Waals surface area contributed by atoms with E-state index < -0.39 is 11.7 Å². The topological polar surface area (TPSA) is 59.3 Å². The van der Waals surface area contributed by atoms with E-state index in [0.29, 0.717) is 17.8 Å². The smallest absolute Gasteiger partial charge is 0.348 e. The van der Waals surface area contributed by atoms with Gasteiger partial charge in [0.1, 0.15) is 0 Å². The Morgan fingerprint density at radius 1 is 1.18 bits per heavy atom. The first kappa shape index (κ1) is 18.2. The van der Waals surface area contributed by atoms with Crippen LogP contribution < -0.4 is 5.32 Å². The summed E-state index contributed by atoms with van der Waals surface area (Å²) in [4.78, 5) is 13.0. The predicted octanol–water partition coefficient (Wildman–Crippen LogP) is 4.23. The number of fused-ring (bicyclic) bond motifs is 1. The second-order valence-corrected chi connectivity index (χ2v) is 9.17. The number of carbonyl (C=O) groups is 1. The SMILES string of the molecule is O=C(NCc1nnc2c(Cl)cc(C(F)(F)F)cn12)C12CC3CC(CC(C3)C1)C2. The standard InChI is InChI=1S/C19H20ClF3N4O/c20-14-4-13(19(21,22)23)9-27-15(25-26-16(14)27)8-24-17(28)18-5-10-1-11(6-18)3-12(2-10)7-18/h4,9-12H,1-3,5-8H2,(H,24,28). The van der Waals surface area contributed by atoms with E-state index in [4.69, 9.17) is 11.6 Å². The van der Waals surface area contributed by atoms with Crippen molar-refractivity contribution in [1.29, 1.82) is 0 Å². The highest BCUT2D eigenvalue weighted by Gasteiger charge is 2.54. The minimum atomic E-state index is -4.53. The molecule has 4 bridgehead atoms. The van der Waals surface area contributed by atoms with Gasteiger partial charge in [0, 0.05) is 11.6 Å². The third-order valence-electron chi connectivity index (χ3n) is 6.78. The molecule has 4 aliphatic carbocycles. The summed E-state index contributed by atoms with van der Waals surface area (Å²) in [5.41, 5.74) is -1.04. The fraction of sp³-hybridized carbons (Fsp3) is 0.632. The molecule has 0 atom stereocenters. The molecule has 0 spiro atoms. The van der Waals surface area contributed by atoms with Crippen molar-refractivity contribution in [2.45, 2.75) is 51.2 Å². The maximum Gasteiger partial charge on any atom is 0.417 e. The van der Waals surface area contributed by atoms with E-state index in [1.165, 1.54) is 23.7 Å². The van der Waals surface area contributed by atoms with Crippen LogP contribution >= 0.6 is 11.6 Å². The van der Waals surface area contributed by atoms with Crippen LogP contribution in [-0.2, 0) is 17.5 Å². The quantitative estimate of drug-likeness (QED) is 0.820. The van der Waals surface area contributed by atoms with E-state index in [-0.39, 0.29) is 34.4 Å². The third-order valence-corrected chi connectivity index (χ3v) is 7.06. The number of nitrogens with one attached hydrogen (secondary N) is 1. The van der Waals surface area contributed by atoms with Gasteiger partial charge in [0.15, 0.2) is 11.5 Å². The molecule has 1 N–H and O–H groups in total. The van der Waals surface area contributed by atoms with Gasteiger partial charge in [-0.3, -0.25) is 9.20 Å². The fourth-order valence-corrected chi connectivity index (χ4v) is 6.26. The van der Waals surface area contributed by atoms with Gasteiger partial charge >= 0.3 is 6.18 Å². The molecule has 2 aromatic heterocycles. The molecule has 6 rings (SSSR count). The minimum absolute atomic E-state index is 0.00132. The lowest BCUT2D eigenvalue weighted by Gasteiger charge is -2.55. The van der Waals surface area contributed by atoms with Gasteiger partial charge in [-0.25, -0.2) is 0 Å². The van der Waals surface area contributed by atoms with E-state index in [1.807, 2.05) is 0 Å². The maximum absolute atomic E-state index is 13.1. The number of nitrogens with zero attached hydrogens (tertiary/aromatic N) is 3. The number of pyridine rings is 1. The second kappa shape index (κ2) is 6.08. The Morgan fingerprint density at radius 3 is 2.36 bits per heavy atom. The molecule has 150 valence electrons. The highest BCUT2D eigenvalue weighted by atomic mass is 35.5. The molecule has 0 aliphatic heterocycles. The number of alkyl halides is 3. The van der Waals surface area contributed by atoms with Crippen LogP contribution in [0.4, 0.5) is 13.2 Å². The molecular formula is C19H20ClF3N4O. The zero-order chi connectivity index (χ0) is 19.7. The molecule has 4 fully saturated rings. The lowest BCUT2D eigenvalue weighted by atomic mass is 9.49. The molecular weight excluding hydrogens is 393 g/mol. The lowest BCUT2D eigenvalue weighted by Crippen LogP contribution is -2.53. The van der Waals surface area contributed by atoms with E-state index >= 15 is 0 Å². The monoisotopic (exact) mass is 412 g/mol. The number of aromatic nitrogens is 3. The average molecular weight is 413 g/mol. The van der Waals surface area contributed by atoms with Crippen LogP contribution in [0.25, 0.3) is 5.65 Å². The summed E-state index contributed by atoms with van der Waals surface area (Å²) >= 11 is 5.94. The molecule has 28 heavy (non-hydrogen) atoms. The third kappa shape index (κ3) is 2.88. The maximum atomic E-state index is 13.1. The van der Waals surface area contributed by atoms with Gasteiger partial charge in [0.05, 0.1) is 17.1 Å². The van der Waals surface area contributed by atoms with Crippen molar-refractivity contribution in [3.05, 3.63) is 28.7 Å². The molecule has 4 aliphatic rings. The largest absolute Gasteiger partial charge is 0.417 e. The van der Waals surface area contributed by atoms with Crippen molar-refractivity contribution in [2.24, 2.45) is 23.2 Å². The van der Waals surface area contributed by atoms with Crippen LogP contribution in [0, 0.1) is 23.2 Å². The van der Waals surface area contributed by atoms with Crippen molar-refractivity contribution < 1.29 is 18.0 Å². The Labute approximate surface area is 164 Å². The highest BCUT2D eigenvalue weighted by molar-refractivity contribution is 6.33. The summed E-state index contributed by atoms with van der Waals surface area (Å²) in [6, 6.07) is 0.837. The first-order valence-corrected chi connectivity index (χ1v) is 10.00. The zero-order valence-corrected chi connectivity index (χ0v) is 15.9. The van der Waals surface area contributed by atoms with Crippen molar-refractivity contribution in [3.8, 4) is 0 Å². The normalized spacial score (nSPS) is 31.5. The Kier molecular flexibility index (Phi) is 3.96. The van der Waals surface area contributed by atoms with Gasteiger partial charge in [-0.1, -0.05) is 11.6 Å². The van der Waals surface area contributed by atoms with Gasteiger partial charge in [0.2, 0.25) is 5.91 Å². The summed E-state index contributed by atoms with van der Waals surface area (Å²) in [6.45, 7) is 0.0272. The number of carbonyl (C=O) groups excluding carboxylic acids is 1. The molecule has 5 nitrogen and oxygen atoms in total. The Bertz CT molecular complexity index is 919. The Balaban J connectivity index is 1.38. The number of rotatable bonds is 3. The number of hydrogen-bond acceptors (Lipinski definition) is 3. The van der Waals surface area contributed by atoms with Crippen LogP contribution in [0.15, 0.2) is 12.3 Å². The molecule has 4 saturated carbocycles.